The van der Waals surface area contributed by atoms with Gasteiger partial charge in [-0.1, -0.05) is 12.8 Å². The van der Waals surface area contributed by atoms with E-state index in [4.69, 9.17) is 4.74 Å². The molecule has 2 aliphatic rings. The van der Waals surface area contributed by atoms with Gasteiger partial charge < -0.3 is 20.5 Å². The maximum Gasteiger partial charge on any atom is 0.313 e. The molecule has 0 bridgehead atoms. The minimum atomic E-state index is -1.03. The molecule has 2 saturated heterocycles. The van der Waals surface area contributed by atoms with Crippen LogP contribution in [0.1, 0.15) is 32.6 Å². The summed E-state index contributed by atoms with van der Waals surface area (Å²) in [6.07, 6.45) is 4.06. The van der Waals surface area contributed by atoms with Gasteiger partial charge in [-0.15, -0.1) is 0 Å². The molecule has 0 saturated carbocycles. The number of carboxylic acids is 1. The van der Waals surface area contributed by atoms with Gasteiger partial charge in [-0.25, -0.2) is 0 Å². The van der Waals surface area contributed by atoms with Crippen molar-refractivity contribution in [3.8, 4) is 0 Å². The van der Waals surface area contributed by atoms with Gasteiger partial charge in [0.25, 0.3) is 0 Å². The Hall–Kier alpha value is -1.14. The van der Waals surface area contributed by atoms with Gasteiger partial charge in [-0.05, 0) is 26.3 Å². The lowest BCUT2D eigenvalue weighted by molar-refractivity contribution is -0.149. The Morgan fingerprint density at radius 3 is 2.89 bits per heavy atom. The molecule has 2 fully saturated rings. The number of hydrogen-bond acceptors (Lipinski definition) is 4. The fourth-order valence-electron chi connectivity index (χ4n) is 2.61. The monoisotopic (exact) mass is 270 g/mol. The van der Waals surface area contributed by atoms with Crippen molar-refractivity contribution in [1.82, 2.24) is 10.6 Å². The minimum absolute atomic E-state index is 0.107. The summed E-state index contributed by atoms with van der Waals surface area (Å²) in [6, 6.07) is -0.663. The molecule has 0 aromatic heterocycles. The van der Waals surface area contributed by atoms with Crippen LogP contribution in [0.4, 0.5) is 0 Å². The largest absolute Gasteiger partial charge is 0.481 e. The average molecular weight is 270 g/mol. The standard InChI is InChI=1S/C13H22N2O4/c1-13(12(17)18)8-19-7-10(13)15-11(16)9-5-3-2-4-6-14-9/h9-10,14H,2-8H2,1H3,(H,15,16)(H,17,18). The Morgan fingerprint density at radius 2 is 2.16 bits per heavy atom. The van der Waals surface area contributed by atoms with E-state index in [-0.39, 0.29) is 25.2 Å². The average Bonchev–Trinajstić information content (AvgIpc) is 2.61. The highest BCUT2D eigenvalue weighted by atomic mass is 16.5. The number of amides is 1. The number of carboxylic acid groups (broad SMARTS) is 1. The summed E-state index contributed by atoms with van der Waals surface area (Å²) in [4.78, 5) is 23.5. The molecule has 3 atom stereocenters. The van der Waals surface area contributed by atoms with Crippen LogP contribution in [-0.4, -0.2) is 48.8 Å². The van der Waals surface area contributed by atoms with Crippen LogP contribution in [0.3, 0.4) is 0 Å². The second kappa shape index (κ2) is 5.88. The van der Waals surface area contributed by atoms with Crippen LogP contribution in [0.5, 0.6) is 0 Å². The van der Waals surface area contributed by atoms with Gasteiger partial charge in [-0.2, -0.15) is 0 Å². The third kappa shape index (κ3) is 3.06. The summed E-state index contributed by atoms with van der Waals surface area (Å²) in [5.41, 5.74) is -1.03. The normalized spacial score (nSPS) is 35.6. The maximum atomic E-state index is 12.2. The summed E-state index contributed by atoms with van der Waals surface area (Å²) in [5.74, 6) is -1.03. The quantitative estimate of drug-likeness (QED) is 0.678. The Bertz CT molecular complexity index is 353. The third-order valence-corrected chi connectivity index (χ3v) is 4.14. The fourth-order valence-corrected chi connectivity index (χ4v) is 2.61. The second-order valence-electron chi connectivity index (χ2n) is 5.65. The van der Waals surface area contributed by atoms with E-state index in [2.05, 4.69) is 10.6 Å². The predicted octanol–water partition coefficient (Wildman–Crippen LogP) is 0.124. The van der Waals surface area contributed by atoms with E-state index in [1.807, 2.05) is 0 Å². The first kappa shape index (κ1) is 14.3. The molecule has 108 valence electrons. The summed E-state index contributed by atoms with van der Waals surface area (Å²) in [6.45, 7) is 2.87. The van der Waals surface area contributed by atoms with E-state index in [0.717, 1.165) is 32.2 Å². The van der Waals surface area contributed by atoms with E-state index in [9.17, 15) is 14.7 Å². The predicted molar refractivity (Wildman–Crippen MR) is 68.8 cm³/mol. The smallest absolute Gasteiger partial charge is 0.313 e. The van der Waals surface area contributed by atoms with Crippen LogP contribution in [0, 0.1) is 5.41 Å². The molecular weight excluding hydrogens is 248 g/mol. The number of ether oxygens (including phenoxy) is 1. The van der Waals surface area contributed by atoms with E-state index >= 15 is 0 Å². The van der Waals surface area contributed by atoms with E-state index in [1.54, 1.807) is 6.92 Å². The van der Waals surface area contributed by atoms with Gasteiger partial charge in [0.05, 0.1) is 25.3 Å². The SMILES string of the molecule is CC1(C(=O)O)COCC1NC(=O)C1CCCCCN1. The third-order valence-electron chi connectivity index (χ3n) is 4.14. The van der Waals surface area contributed by atoms with Crippen molar-refractivity contribution >= 4 is 11.9 Å². The highest BCUT2D eigenvalue weighted by Gasteiger charge is 2.47. The van der Waals surface area contributed by atoms with Gasteiger partial charge in [0.15, 0.2) is 0 Å². The van der Waals surface area contributed by atoms with E-state index in [1.165, 1.54) is 0 Å². The molecule has 2 rings (SSSR count). The van der Waals surface area contributed by atoms with Crippen molar-refractivity contribution in [3.05, 3.63) is 0 Å². The summed E-state index contributed by atoms with van der Waals surface area (Å²) < 4.78 is 5.23. The van der Waals surface area contributed by atoms with Crippen molar-refractivity contribution in [2.45, 2.75) is 44.7 Å². The number of hydrogen-bond donors (Lipinski definition) is 3. The highest BCUT2D eigenvalue weighted by molar-refractivity contribution is 5.84. The number of rotatable bonds is 3. The molecule has 3 unspecified atom stereocenters. The van der Waals surface area contributed by atoms with Crippen molar-refractivity contribution < 1.29 is 19.4 Å². The highest BCUT2D eigenvalue weighted by Crippen LogP contribution is 2.28. The molecule has 2 heterocycles. The van der Waals surface area contributed by atoms with E-state index < -0.39 is 17.4 Å². The number of nitrogens with one attached hydrogen (secondary N) is 2. The maximum absolute atomic E-state index is 12.2. The van der Waals surface area contributed by atoms with Crippen molar-refractivity contribution in [2.75, 3.05) is 19.8 Å². The van der Waals surface area contributed by atoms with Crippen LogP contribution >= 0.6 is 0 Å². The van der Waals surface area contributed by atoms with Crippen LogP contribution in [0.15, 0.2) is 0 Å². The number of aliphatic carboxylic acids is 1. The summed E-state index contributed by atoms with van der Waals surface area (Å²) in [7, 11) is 0. The second-order valence-corrected chi connectivity index (χ2v) is 5.65. The van der Waals surface area contributed by atoms with Gasteiger partial charge in [0, 0.05) is 0 Å². The van der Waals surface area contributed by atoms with Crippen LogP contribution in [0.2, 0.25) is 0 Å². The molecule has 0 aliphatic carbocycles. The molecule has 3 N–H and O–H groups in total. The Kier molecular flexibility index (Phi) is 4.42. The molecule has 1 amide bonds. The Labute approximate surface area is 112 Å². The minimum Gasteiger partial charge on any atom is -0.481 e. The van der Waals surface area contributed by atoms with Crippen molar-refractivity contribution in [1.29, 1.82) is 0 Å². The number of carbonyl (C=O) groups excluding carboxylic acids is 1. The lowest BCUT2D eigenvalue weighted by Crippen LogP contribution is -2.54. The van der Waals surface area contributed by atoms with Crippen LogP contribution in [0.25, 0.3) is 0 Å². The first-order valence-corrected chi connectivity index (χ1v) is 6.89. The van der Waals surface area contributed by atoms with Crippen molar-refractivity contribution in [2.24, 2.45) is 5.41 Å². The molecule has 6 heteroatoms. The van der Waals surface area contributed by atoms with Crippen molar-refractivity contribution in [3.63, 3.8) is 0 Å². The molecule has 6 nitrogen and oxygen atoms in total. The molecule has 0 spiro atoms. The van der Waals surface area contributed by atoms with Crippen LogP contribution in [-0.2, 0) is 14.3 Å². The molecular formula is C13H22N2O4. The zero-order valence-corrected chi connectivity index (χ0v) is 11.3. The molecule has 0 aromatic rings. The fraction of sp³-hybridized carbons (Fsp3) is 0.846. The van der Waals surface area contributed by atoms with E-state index in [0.29, 0.717) is 0 Å². The van der Waals surface area contributed by atoms with Crippen LogP contribution < -0.4 is 10.6 Å². The van der Waals surface area contributed by atoms with Gasteiger partial charge in [-0.3, -0.25) is 9.59 Å². The first-order valence-electron chi connectivity index (χ1n) is 6.89. The zero-order valence-electron chi connectivity index (χ0n) is 11.3. The Balaban J connectivity index is 1.96. The lowest BCUT2D eigenvalue weighted by Gasteiger charge is -2.27. The number of carbonyl (C=O) groups is 2. The summed E-state index contributed by atoms with van der Waals surface area (Å²) in [5, 5.41) is 15.3. The summed E-state index contributed by atoms with van der Waals surface area (Å²) >= 11 is 0. The van der Waals surface area contributed by atoms with Gasteiger partial charge in [0.2, 0.25) is 5.91 Å². The first-order chi connectivity index (χ1) is 9.04. The lowest BCUT2D eigenvalue weighted by atomic mass is 9.85. The molecule has 0 radical (unpaired) electrons. The van der Waals surface area contributed by atoms with Gasteiger partial charge >= 0.3 is 5.97 Å². The van der Waals surface area contributed by atoms with Gasteiger partial charge in [0.1, 0.15) is 5.41 Å². The molecule has 19 heavy (non-hydrogen) atoms. The molecule has 2 aliphatic heterocycles. The molecule has 0 aromatic carbocycles. The zero-order chi connectivity index (χ0) is 13.9. The Morgan fingerprint density at radius 1 is 1.37 bits per heavy atom. The topological polar surface area (TPSA) is 87.7 Å².